The number of hydrogen-bond acceptors (Lipinski definition) is 3. The van der Waals surface area contributed by atoms with Crippen molar-refractivity contribution < 1.29 is 14.3 Å². The van der Waals surface area contributed by atoms with Crippen LogP contribution in [0.4, 0.5) is 10.5 Å². The first-order chi connectivity index (χ1) is 11.0. The highest BCUT2D eigenvalue weighted by molar-refractivity contribution is 9.10. The molecule has 0 saturated carbocycles. The summed E-state index contributed by atoms with van der Waals surface area (Å²) >= 11 is 3.35. The first-order valence-electron chi connectivity index (χ1n) is 7.09. The van der Waals surface area contributed by atoms with E-state index < -0.39 is 0 Å². The zero-order valence-corrected chi connectivity index (χ0v) is 14.2. The van der Waals surface area contributed by atoms with Crippen molar-refractivity contribution in [1.29, 1.82) is 0 Å². The minimum Gasteiger partial charge on any atom is -0.492 e. The first kappa shape index (κ1) is 17.0. The van der Waals surface area contributed by atoms with Gasteiger partial charge in [0, 0.05) is 15.7 Å². The van der Waals surface area contributed by atoms with Crippen LogP contribution in [0.15, 0.2) is 53.0 Å². The van der Waals surface area contributed by atoms with Gasteiger partial charge >= 0.3 is 6.03 Å². The summed E-state index contributed by atoms with van der Waals surface area (Å²) in [4.78, 5) is 23.1. The van der Waals surface area contributed by atoms with Gasteiger partial charge in [-0.3, -0.25) is 4.79 Å². The standard InChI is InChI=1S/C17H17BrN2O3/c1-12(21)13-3-2-4-15(11-13)20-17(22)19-9-10-23-16-7-5-14(18)6-8-16/h2-8,11H,9-10H2,1H3,(H2,19,20,22). The van der Waals surface area contributed by atoms with Gasteiger partial charge in [0.2, 0.25) is 0 Å². The zero-order valence-electron chi connectivity index (χ0n) is 12.6. The van der Waals surface area contributed by atoms with Crippen LogP contribution in [0.3, 0.4) is 0 Å². The second-order valence-corrected chi connectivity index (χ2v) is 5.74. The van der Waals surface area contributed by atoms with E-state index in [1.807, 2.05) is 24.3 Å². The lowest BCUT2D eigenvalue weighted by Gasteiger charge is -2.09. The van der Waals surface area contributed by atoms with Crippen LogP contribution >= 0.6 is 15.9 Å². The minimum absolute atomic E-state index is 0.0445. The predicted octanol–water partition coefficient (Wildman–Crippen LogP) is 3.85. The number of hydrogen-bond donors (Lipinski definition) is 2. The van der Waals surface area contributed by atoms with E-state index in [-0.39, 0.29) is 11.8 Å². The fraction of sp³-hybridized carbons (Fsp3) is 0.176. The summed E-state index contributed by atoms with van der Waals surface area (Å²) in [5, 5.41) is 5.37. The molecule has 6 heteroatoms. The molecular formula is C17H17BrN2O3. The Kier molecular flexibility index (Phi) is 6.17. The third-order valence-electron chi connectivity index (χ3n) is 3.00. The van der Waals surface area contributed by atoms with Gasteiger partial charge in [-0.2, -0.15) is 0 Å². The molecule has 0 heterocycles. The van der Waals surface area contributed by atoms with Crippen molar-refractivity contribution in [1.82, 2.24) is 5.32 Å². The summed E-state index contributed by atoms with van der Waals surface area (Å²) < 4.78 is 6.49. The molecule has 0 radical (unpaired) electrons. The lowest BCUT2D eigenvalue weighted by Crippen LogP contribution is -2.32. The van der Waals surface area contributed by atoms with Crippen molar-refractivity contribution in [3.8, 4) is 5.75 Å². The van der Waals surface area contributed by atoms with Crippen molar-refractivity contribution in [3.63, 3.8) is 0 Å². The second kappa shape index (κ2) is 8.33. The van der Waals surface area contributed by atoms with E-state index in [1.165, 1.54) is 6.92 Å². The van der Waals surface area contributed by atoms with Crippen LogP contribution in [0.1, 0.15) is 17.3 Å². The highest BCUT2D eigenvalue weighted by Crippen LogP contribution is 2.15. The molecule has 0 aliphatic carbocycles. The number of anilines is 1. The summed E-state index contributed by atoms with van der Waals surface area (Å²) in [7, 11) is 0. The molecular weight excluding hydrogens is 360 g/mol. The molecule has 23 heavy (non-hydrogen) atoms. The lowest BCUT2D eigenvalue weighted by molar-refractivity contribution is 0.101. The number of urea groups is 1. The molecule has 2 amide bonds. The molecule has 0 spiro atoms. The molecule has 0 aliphatic heterocycles. The fourth-order valence-corrected chi connectivity index (χ4v) is 2.12. The first-order valence-corrected chi connectivity index (χ1v) is 7.88. The van der Waals surface area contributed by atoms with Gasteiger partial charge in [-0.25, -0.2) is 4.79 Å². The van der Waals surface area contributed by atoms with Crippen molar-refractivity contribution in [2.45, 2.75) is 6.92 Å². The highest BCUT2D eigenvalue weighted by atomic mass is 79.9. The van der Waals surface area contributed by atoms with Crippen molar-refractivity contribution in [2.75, 3.05) is 18.5 Å². The fourth-order valence-electron chi connectivity index (χ4n) is 1.86. The van der Waals surface area contributed by atoms with Crippen LogP contribution in [0.2, 0.25) is 0 Å². The Morgan fingerprint density at radius 1 is 1.13 bits per heavy atom. The van der Waals surface area contributed by atoms with Crippen LogP contribution in [-0.4, -0.2) is 25.0 Å². The van der Waals surface area contributed by atoms with E-state index in [4.69, 9.17) is 4.74 Å². The zero-order chi connectivity index (χ0) is 16.7. The summed E-state index contributed by atoms with van der Waals surface area (Å²) in [5.74, 6) is 0.696. The number of rotatable bonds is 6. The molecule has 120 valence electrons. The van der Waals surface area contributed by atoms with Crippen molar-refractivity contribution in [2.24, 2.45) is 0 Å². The minimum atomic E-state index is -0.342. The Morgan fingerprint density at radius 2 is 1.87 bits per heavy atom. The Labute approximate surface area is 143 Å². The summed E-state index contributed by atoms with van der Waals surface area (Å²) in [6.45, 7) is 2.22. The Balaban J connectivity index is 1.74. The van der Waals surface area contributed by atoms with Gasteiger partial charge in [-0.1, -0.05) is 28.1 Å². The number of ether oxygens (including phenoxy) is 1. The third-order valence-corrected chi connectivity index (χ3v) is 3.53. The van der Waals surface area contributed by atoms with E-state index in [9.17, 15) is 9.59 Å². The van der Waals surface area contributed by atoms with E-state index in [0.717, 1.165) is 10.2 Å². The van der Waals surface area contributed by atoms with Crippen LogP contribution in [0.25, 0.3) is 0 Å². The third kappa shape index (κ3) is 5.75. The number of ketones is 1. The second-order valence-electron chi connectivity index (χ2n) is 4.82. The van der Waals surface area contributed by atoms with Crippen LogP contribution < -0.4 is 15.4 Å². The van der Waals surface area contributed by atoms with Gasteiger partial charge in [0.15, 0.2) is 5.78 Å². The van der Waals surface area contributed by atoms with Gasteiger partial charge in [0.05, 0.1) is 6.54 Å². The van der Waals surface area contributed by atoms with E-state index in [2.05, 4.69) is 26.6 Å². The molecule has 0 bridgehead atoms. The number of benzene rings is 2. The van der Waals surface area contributed by atoms with E-state index in [0.29, 0.717) is 24.4 Å². The maximum absolute atomic E-state index is 11.8. The van der Waals surface area contributed by atoms with Gasteiger partial charge in [0.1, 0.15) is 12.4 Å². The van der Waals surface area contributed by atoms with Crippen LogP contribution in [0.5, 0.6) is 5.75 Å². The SMILES string of the molecule is CC(=O)c1cccc(NC(=O)NCCOc2ccc(Br)cc2)c1. The van der Waals surface area contributed by atoms with Crippen LogP contribution in [-0.2, 0) is 0 Å². The Hall–Kier alpha value is -2.34. The Bertz CT molecular complexity index is 686. The molecule has 2 N–H and O–H groups in total. The van der Waals surface area contributed by atoms with Gasteiger partial charge in [0.25, 0.3) is 0 Å². The van der Waals surface area contributed by atoms with E-state index in [1.54, 1.807) is 24.3 Å². The number of nitrogens with one attached hydrogen (secondary N) is 2. The average molecular weight is 377 g/mol. The number of Topliss-reactive ketones (excluding diaryl/α,β-unsaturated/α-hetero) is 1. The monoisotopic (exact) mass is 376 g/mol. The Morgan fingerprint density at radius 3 is 2.57 bits per heavy atom. The van der Waals surface area contributed by atoms with Gasteiger partial charge in [-0.15, -0.1) is 0 Å². The van der Waals surface area contributed by atoms with Gasteiger partial charge < -0.3 is 15.4 Å². The molecule has 0 fully saturated rings. The molecule has 0 aromatic heterocycles. The lowest BCUT2D eigenvalue weighted by atomic mass is 10.1. The van der Waals surface area contributed by atoms with Crippen LogP contribution in [0, 0.1) is 0 Å². The number of halogens is 1. The molecule has 0 atom stereocenters. The van der Waals surface area contributed by atoms with Crippen molar-refractivity contribution in [3.05, 3.63) is 58.6 Å². The maximum Gasteiger partial charge on any atom is 0.319 e. The summed E-state index contributed by atoms with van der Waals surface area (Å²) in [6.07, 6.45) is 0. The predicted molar refractivity (Wildman–Crippen MR) is 93.1 cm³/mol. The van der Waals surface area contributed by atoms with Gasteiger partial charge in [-0.05, 0) is 43.3 Å². The highest BCUT2D eigenvalue weighted by Gasteiger charge is 2.04. The summed E-state index contributed by atoms with van der Waals surface area (Å²) in [6, 6.07) is 13.9. The largest absolute Gasteiger partial charge is 0.492 e. The summed E-state index contributed by atoms with van der Waals surface area (Å²) in [5.41, 5.74) is 1.13. The number of carbonyl (C=O) groups excluding carboxylic acids is 2. The average Bonchev–Trinajstić information content (AvgIpc) is 2.53. The van der Waals surface area contributed by atoms with Crippen molar-refractivity contribution >= 4 is 33.4 Å². The molecule has 0 unspecified atom stereocenters. The number of carbonyl (C=O) groups is 2. The number of amides is 2. The quantitative estimate of drug-likeness (QED) is 0.594. The molecule has 2 aromatic carbocycles. The normalized spacial score (nSPS) is 10.0. The smallest absolute Gasteiger partial charge is 0.319 e. The molecule has 0 aliphatic rings. The molecule has 2 rings (SSSR count). The molecule has 0 saturated heterocycles. The topological polar surface area (TPSA) is 67.4 Å². The molecule has 5 nitrogen and oxygen atoms in total. The van der Waals surface area contributed by atoms with E-state index >= 15 is 0 Å². The molecule has 2 aromatic rings. The maximum atomic E-state index is 11.8.